The van der Waals surface area contributed by atoms with Crippen molar-refractivity contribution >= 4 is 27.3 Å². The van der Waals surface area contributed by atoms with Crippen LogP contribution in [0.25, 0.3) is 0 Å². The monoisotopic (exact) mass is 303 g/mol. The number of halogens is 1. The van der Waals surface area contributed by atoms with Crippen LogP contribution >= 0.6 is 27.3 Å². The van der Waals surface area contributed by atoms with Crippen molar-refractivity contribution in [3.63, 3.8) is 0 Å². The molecule has 16 heavy (non-hydrogen) atoms. The fourth-order valence-electron chi connectivity index (χ4n) is 1.80. The molecule has 1 nitrogen and oxygen atoms in total. The maximum Gasteiger partial charge on any atom is 0.0426 e. The second-order valence-electron chi connectivity index (χ2n) is 4.14. The maximum atomic E-state index is 3.65. The van der Waals surface area contributed by atoms with Gasteiger partial charge in [-0.2, -0.15) is 0 Å². The lowest BCUT2D eigenvalue weighted by Gasteiger charge is -2.17. The van der Waals surface area contributed by atoms with Gasteiger partial charge < -0.3 is 5.32 Å². The third-order valence-electron chi connectivity index (χ3n) is 2.70. The first-order valence-corrected chi connectivity index (χ1v) is 7.93. The lowest BCUT2D eigenvalue weighted by atomic mass is 10.1. The quantitative estimate of drug-likeness (QED) is 0.656. The molecule has 1 rings (SSSR count). The first kappa shape index (κ1) is 14.2. The second-order valence-corrected chi connectivity index (χ2v) is 5.94. The van der Waals surface area contributed by atoms with Gasteiger partial charge in [-0.15, -0.1) is 11.3 Å². The molecule has 1 unspecified atom stereocenters. The molecule has 92 valence electrons. The van der Waals surface area contributed by atoms with Crippen molar-refractivity contribution in [2.75, 3.05) is 6.54 Å². The molecule has 1 atom stereocenters. The summed E-state index contributed by atoms with van der Waals surface area (Å²) in [4.78, 5) is 1.46. The van der Waals surface area contributed by atoms with E-state index in [2.05, 4.69) is 46.5 Å². The van der Waals surface area contributed by atoms with Crippen molar-refractivity contribution in [1.29, 1.82) is 0 Å². The Morgan fingerprint density at radius 1 is 1.31 bits per heavy atom. The number of nitrogens with one attached hydrogen (secondary N) is 1. The summed E-state index contributed by atoms with van der Waals surface area (Å²) in [6.45, 7) is 5.59. The molecule has 1 aromatic rings. The van der Waals surface area contributed by atoms with Crippen LogP contribution in [0.3, 0.4) is 0 Å². The van der Waals surface area contributed by atoms with Crippen LogP contribution < -0.4 is 5.32 Å². The SMILES string of the molecule is CCCCCC(NCCC)c1sccc1Br. The zero-order valence-electron chi connectivity index (χ0n) is 10.3. The van der Waals surface area contributed by atoms with Crippen molar-refractivity contribution in [3.8, 4) is 0 Å². The summed E-state index contributed by atoms with van der Waals surface area (Å²) < 4.78 is 1.27. The number of rotatable bonds is 8. The smallest absolute Gasteiger partial charge is 0.0426 e. The Labute approximate surface area is 112 Å². The largest absolute Gasteiger partial charge is 0.309 e. The van der Waals surface area contributed by atoms with Gasteiger partial charge in [-0.05, 0) is 46.8 Å². The third kappa shape index (κ3) is 4.56. The van der Waals surface area contributed by atoms with E-state index >= 15 is 0 Å². The van der Waals surface area contributed by atoms with E-state index < -0.39 is 0 Å². The Balaban J connectivity index is 2.53. The van der Waals surface area contributed by atoms with Crippen molar-refractivity contribution in [2.24, 2.45) is 0 Å². The highest BCUT2D eigenvalue weighted by molar-refractivity contribution is 9.10. The minimum Gasteiger partial charge on any atom is -0.309 e. The van der Waals surface area contributed by atoms with Gasteiger partial charge in [0, 0.05) is 15.4 Å². The minimum atomic E-state index is 0.542. The molecule has 3 heteroatoms. The number of unbranched alkanes of at least 4 members (excludes halogenated alkanes) is 2. The fourth-order valence-corrected chi connectivity index (χ4v) is 3.56. The Kier molecular flexibility index (Phi) is 7.33. The van der Waals surface area contributed by atoms with Crippen molar-refractivity contribution in [3.05, 3.63) is 20.8 Å². The van der Waals surface area contributed by atoms with Gasteiger partial charge in [-0.3, -0.25) is 0 Å². The van der Waals surface area contributed by atoms with Gasteiger partial charge >= 0.3 is 0 Å². The fraction of sp³-hybridized carbons (Fsp3) is 0.692. The molecular formula is C13H22BrNS. The van der Waals surface area contributed by atoms with Gasteiger partial charge in [-0.25, -0.2) is 0 Å². The van der Waals surface area contributed by atoms with Crippen LogP contribution in [-0.2, 0) is 0 Å². The van der Waals surface area contributed by atoms with Crippen LogP contribution in [0.2, 0.25) is 0 Å². The van der Waals surface area contributed by atoms with Gasteiger partial charge in [0.2, 0.25) is 0 Å². The van der Waals surface area contributed by atoms with Gasteiger partial charge in [0.25, 0.3) is 0 Å². The van der Waals surface area contributed by atoms with Crippen LogP contribution in [0.5, 0.6) is 0 Å². The average Bonchev–Trinajstić information content (AvgIpc) is 2.70. The third-order valence-corrected chi connectivity index (χ3v) is 4.68. The molecule has 0 aliphatic rings. The molecule has 0 aliphatic heterocycles. The highest BCUT2D eigenvalue weighted by atomic mass is 79.9. The summed E-state index contributed by atoms with van der Waals surface area (Å²) in [5, 5.41) is 5.82. The lowest BCUT2D eigenvalue weighted by molar-refractivity contribution is 0.479. The Morgan fingerprint density at radius 2 is 2.12 bits per heavy atom. The first-order chi connectivity index (χ1) is 7.79. The number of hydrogen-bond donors (Lipinski definition) is 1. The van der Waals surface area contributed by atoms with E-state index in [-0.39, 0.29) is 0 Å². The molecule has 1 heterocycles. The molecule has 0 amide bonds. The molecule has 0 fully saturated rings. The molecule has 0 saturated heterocycles. The molecule has 0 aliphatic carbocycles. The molecule has 0 bridgehead atoms. The van der Waals surface area contributed by atoms with Crippen LogP contribution in [0, 0.1) is 0 Å². The number of thiophene rings is 1. The predicted octanol–water partition coefficient (Wildman–Crippen LogP) is 5.13. The molecule has 1 aromatic heterocycles. The minimum absolute atomic E-state index is 0.542. The standard InChI is InChI=1S/C13H22BrNS/c1-3-5-6-7-12(15-9-4-2)13-11(14)8-10-16-13/h8,10,12,15H,3-7,9H2,1-2H3. The van der Waals surface area contributed by atoms with Gasteiger partial charge in [0.1, 0.15) is 0 Å². The van der Waals surface area contributed by atoms with E-state index in [9.17, 15) is 0 Å². The van der Waals surface area contributed by atoms with E-state index in [0.717, 1.165) is 6.54 Å². The van der Waals surface area contributed by atoms with E-state index in [0.29, 0.717) is 6.04 Å². The normalized spacial score (nSPS) is 12.9. The van der Waals surface area contributed by atoms with E-state index in [4.69, 9.17) is 0 Å². The van der Waals surface area contributed by atoms with E-state index in [1.54, 1.807) is 0 Å². The van der Waals surface area contributed by atoms with E-state index in [1.165, 1.54) is 41.5 Å². The maximum absolute atomic E-state index is 3.65. The molecular weight excluding hydrogens is 282 g/mol. The Hall–Kier alpha value is 0.140. The topological polar surface area (TPSA) is 12.0 Å². The lowest BCUT2D eigenvalue weighted by Crippen LogP contribution is -2.21. The summed E-state index contributed by atoms with van der Waals surface area (Å²) in [5.74, 6) is 0. The molecule has 1 N–H and O–H groups in total. The summed E-state index contributed by atoms with van der Waals surface area (Å²) >= 11 is 5.49. The molecule has 0 spiro atoms. The van der Waals surface area contributed by atoms with Gasteiger partial charge in [-0.1, -0.05) is 33.1 Å². The predicted molar refractivity (Wildman–Crippen MR) is 77.2 cm³/mol. The van der Waals surface area contributed by atoms with Crippen molar-refractivity contribution in [1.82, 2.24) is 5.32 Å². The number of hydrogen-bond acceptors (Lipinski definition) is 2. The Morgan fingerprint density at radius 3 is 2.69 bits per heavy atom. The van der Waals surface area contributed by atoms with Crippen LogP contribution in [-0.4, -0.2) is 6.54 Å². The highest BCUT2D eigenvalue weighted by Gasteiger charge is 2.14. The van der Waals surface area contributed by atoms with Crippen LogP contribution in [0.15, 0.2) is 15.9 Å². The van der Waals surface area contributed by atoms with Gasteiger partial charge in [0.05, 0.1) is 0 Å². The van der Waals surface area contributed by atoms with Crippen LogP contribution in [0.1, 0.15) is 56.9 Å². The van der Waals surface area contributed by atoms with Crippen molar-refractivity contribution < 1.29 is 0 Å². The molecule has 0 radical (unpaired) electrons. The van der Waals surface area contributed by atoms with Crippen molar-refractivity contribution in [2.45, 2.75) is 52.0 Å². The molecule has 0 saturated carbocycles. The summed E-state index contributed by atoms with van der Waals surface area (Å²) in [6.07, 6.45) is 6.42. The Bertz CT molecular complexity index is 285. The van der Waals surface area contributed by atoms with Gasteiger partial charge in [0.15, 0.2) is 0 Å². The summed E-state index contributed by atoms with van der Waals surface area (Å²) in [5.41, 5.74) is 0. The highest BCUT2D eigenvalue weighted by Crippen LogP contribution is 2.31. The zero-order valence-corrected chi connectivity index (χ0v) is 12.7. The van der Waals surface area contributed by atoms with E-state index in [1.807, 2.05) is 11.3 Å². The summed E-state index contributed by atoms with van der Waals surface area (Å²) in [6, 6.07) is 2.70. The average molecular weight is 304 g/mol. The second kappa shape index (κ2) is 8.26. The molecule has 0 aromatic carbocycles. The zero-order chi connectivity index (χ0) is 11.8. The first-order valence-electron chi connectivity index (χ1n) is 6.25. The van der Waals surface area contributed by atoms with Crippen LogP contribution in [0.4, 0.5) is 0 Å². The summed E-state index contributed by atoms with van der Waals surface area (Å²) in [7, 11) is 0.